The normalized spacial score (nSPS) is 19.6. The summed E-state index contributed by atoms with van der Waals surface area (Å²) in [5.74, 6) is 0.0990. The highest BCUT2D eigenvalue weighted by Crippen LogP contribution is 2.28. The smallest absolute Gasteiger partial charge is 0.321 e. The van der Waals surface area contributed by atoms with Crippen LogP contribution in [0, 0.1) is 13.8 Å². The number of anilines is 1. The van der Waals surface area contributed by atoms with Crippen LogP contribution in [0.1, 0.15) is 52.5 Å². The number of urea groups is 1. The molecule has 0 spiro atoms. The molecule has 2 aromatic rings. The average molecular weight is 381 g/mol. The maximum Gasteiger partial charge on any atom is 0.321 e. The van der Waals surface area contributed by atoms with Crippen molar-refractivity contribution in [3.05, 3.63) is 46.8 Å². The van der Waals surface area contributed by atoms with Gasteiger partial charge in [0, 0.05) is 37.8 Å². The van der Waals surface area contributed by atoms with Crippen molar-refractivity contribution in [3.8, 4) is 0 Å². The summed E-state index contributed by atoms with van der Waals surface area (Å²) >= 11 is 0. The van der Waals surface area contributed by atoms with Crippen LogP contribution in [0.4, 0.5) is 10.5 Å². The molecule has 1 fully saturated rings. The first-order chi connectivity index (χ1) is 13.5. The molecule has 0 aliphatic carbocycles. The zero-order chi connectivity index (χ0) is 19.7. The molecule has 2 aliphatic heterocycles. The summed E-state index contributed by atoms with van der Waals surface area (Å²) in [5.41, 5.74) is 4.65. The first-order valence-electron chi connectivity index (χ1n) is 10.0. The van der Waals surface area contributed by atoms with Gasteiger partial charge in [0.25, 0.3) is 5.91 Å². The molecular formula is C21H27N5O2. The number of aryl methyl sites for hydroxylation is 2. The number of likely N-dealkylation sites (tertiary alicyclic amines) is 1. The molecule has 3 amide bonds. The SMILES string of the molecule is Cc1cccc(NC(=O)N2CCCC(c3cc4n(n3)CCCNC4=O)C2)c1C. The van der Waals surface area contributed by atoms with Crippen LogP contribution in [0.5, 0.6) is 0 Å². The monoisotopic (exact) mass is 381 g/mol. The van der Waals surface area contributed by atoms with E-state index in [0.717, 1.165) is 54.9 Å². The molecule has 7 nitrogen and oxygen atoms in total. The van der Waals surface area contributed by atoms with Crippen molar-refractivity contribution in [1.29, 1.82) is 0 Å². The second-order valence-corrected chi connectivity index (χ2v) is 7.75. The molecule has 7 heteroatoms. The molecule has 1 aromatic heterocycles. The average Bonchev–Trinajstić information content (AvgIpc) is 3.05. The van der Waals surface area contributed by atoms with Gasteiger partial charge in [0.15, 0.2) is 0 Å². The lowest BCUT2D eigenvalue weighted by Gasteiger charge is -2.32. The fourth-order valence-corrected chi connectivity index (χ4v) is 3.99. The lowest BCUT2D eigenvalue weighted by atomic mass is 9.95. The highest BCUT2D eigenvalue weighted by Gasteiger charge is 2.28. The molecule has 1 aromatic carbocycles. The van der Waals surface area contributed by atoms with E-state index in [2.05, 4.69) is 15.7 Å². The number of carbonyl (C=O) groups excluding carboxylic acids is 2. The van der Waals surface area contributed by atoms with Crippen LogP contribution in [-0.2, 0) is 6.54 Å². The zero-order valence-electron chi connectivity index (χ0n) is 16.5. The Kier molecular flexibility index (Phi) is 5.07. The minimum absolute atomic E-state index is 0.0587. The summed E-state index contributed by atoms with van der Waals surface area (Å²) in [4.78, 5) is 26.9. The van der Waals surface area contributed by atoms with E-state index < -0.39 is 0 Å². The van der Waals surface area contributed by atoms with Crippen LogP contribution in [0.3, 0.4) is 0 Å². The minimum Gasteiger partial charge on any atom is -0.351 e. The van der Waals surface area contributed by atoms with Crippen LogP contribution >= 0.6 is 0 Å². The number of benzene rings is 1. The first kappa shape index (κ1) is 18.5. The van der Waals surface area contributed by atoms with Crippen LogP contribution in [0.15, 0.2) is 24.3 Å². The van der Waals surface area contributed by atoms with E-state index in [1.54, 1.807) is 0 Å². The van der Waals surface area contributed by atoms with Gasteiger partial charge in [-0.2, -0.15) is 5.10 Å². The van der Waals surface area contributed by atoms with E-state index in [1.807, 2.05) is 47.7 Å². The number of nitrogens with one attached hydrogen (secondary N) is 2. The fourth-order valence-electron chi connectivity index (χ4n) is 3.99. The lowest BCUT2D eigenvalue weighted by molar-refractivity contribution is 0.0950. The third-order valence-corrected chi connectivity index (χ3v) is 5.84. The quantitative estimate of drug-likeness (QED) is 0.839. The van der Waals surface area contributed by atoms with Gasteiger partial charge in [0.1, 0.15) is 5.69 Å². The van der Waals surface area contributed by atoms with E-state index in [1.165, 1.54) is 0 Å². The van der Waals surface area contributed by atoms with E-state index in [4.69, 9.17) is 0 Å². The van der Waals surface area contributed by atoms with Gasteiger partial charge in [-0.3, -0.25) is 9.48 Å². The van der Waals surface area contributed by atoms with Crippen molar-refractivity contribution >= 4 is 17.6 Å². The molecule has 1 atom stereocenters. The number of hydrogen-bond donors (Lipinski definition) is 2. The maximum atomic E-state index is 12.8. The van der Waals surface area contributed by atoms with Crippen molar-refractivity contribution in [2.45, 2.75) is 45.6 Å². The number of carbonyl (C=O) groups is 2. The Hall–Kier alpha value is -2.83. The summed E-state index contributed by atoms with van der Waals surface area (Å²) in [5, 5.41) is 10.6. The molecule has 1 saturated heterocycles. The van der Waals surface area contributed by atoms with Crippen LogP contribution in [0.25, 0.3) is 0 Å². The summed E-state index contributed by atoms with van der Waals surface area (Å²) < 4.78 is 1.81. The predicted molar refractivity (Wildman–Crippen MR) is 108 cm³/mol. The summed E-state index contributed by atoms with van der Waals surface area (Å²) in [6.45, 7) is 6.86. The zero-order valence-corrected chi connectivity index (χ0v) is 16.5. The number of rotatable bonds is 2. The van der Waals surface area contributed by atoms with Crippen molar-refractivity contribution in [1.82, 2.24) is 20.0 Å². The van der Waals surface area contributed by atoms with Gasteiger partial charge in [-0.25, -0.2) is 4.79 Å². The van der Waals surface area contributed by atoms with Gasteiger partial charge in [-0.1, -0.05) is 12.1 Å². The number of piperidine rings is 1. The standard InChI is InChI=1S/C21H27N5O2/c1-14-6-3-8-17(15(14)2)23-21(28)25-10-4-7-16(13-25)18-12-19-20(27)22-9-5-11-26(19)24-18/h3,6,8,12,16H,4-5,7,9-11,13H2,1-2H3,(H,22,27)(H,23,28). The van der Waals surface area contributed by atoms with Gasteiger partial charge >= 0.3 is 6.03 Å². The second kappa shape index (κ2) is 7.66. The Morgan fingerprint density at radius 1 is 1.25 bits per heavy atom. The van der Waals surface area contributed by atoms with E-state index in [9.17, 15) is 9.59 Å². The number of amides is 3. The Labute approximate surface area is 165 Å². The third kappa shape index (κ3) is 3.61. The van der Waals surface area contributed by atoms with Crippen LogP contribution < -0.4 is 10.6 Å². The van der Waals surface area contributed by atoms with Gasteiger partial charge < -0.3 is 15.5 Å². The lowest BCUT2D eigenvalue weighted by Crippen LogP contribution is -2.41. The second-order valence-electron chi connectivity index (χ2n) is 7.75. The number of fused-ring (bicyclic) bond motifs is 1. The van der Waals surface area contributed by atoms with Crippen molar-refractivity contribution < 1.29 is 9.59 Å². The number of hydrogen-bond acceptors (Lipinski definition) is 3. The van der Waals surface area contributed by atoms with Crippen LogP contribution in [-0.4, -0.2) is 46.3 Å². The third-order valence-electron chi connectivity index (χ3n) is 5.84. The molecule has 0 bridgehead atoms. The molecule has 28 heavy (non-hydrogen) atoms. The molecular weight excluding hydrogens is 354 g/mol. The highest BCUT2D eigenvalue weighted by molar-refractivity contribution is 5.93. The Balaban J connectivity index is 1.47. The predicted octanol–water partition coefficient (Wildman–Crippen LogP) is 3.04. The Morgan fingerprint density at radius 3 is 2.96 bits per heavy atom. The molecule has 2 aliphatic rings. The van der Waals surface area contributed by atoms with Crippen molar-refractivity contribution in [2.75, 3.05) is 25.0 Å². The Morgan fingerprint density at radius 2 is 2.11 bits per heavy atom. The van der Waals surface area contributed by atoms with Gasteiger partial charge in [0.05, 0.1) is 5.69 Å². The summed E-state index contributed by atoms with van der Waals surface area (Å²) in [6, 6.07) is 7.77. The van der Waals surface area contributed by atoms with Crippen molar-refractivity contribution in [2.24, 2.45) is 0 Å². The molecule has 4 rings (SSSR count). The van der Waals surface area contributed by atoms with Gasteiger partial charge in [-0.15, -0.1) is 0 Å². The minimum atomic E-state index is -0.0723. The summed E-state index contributed by atoms with van der Waals surface area (Å²) in [7, 11) is 0. The Bertz CT molecular complexity index is 904. The topological polar surface area (TPSA) is 79.3 Å². The van der Waals surface area contributed by atoms with Gasteiger partial charge in [-0.05, 0) is 56.4 Å². The van der Waals surface area contributed by atoms with E-state index >= 15 is 0 Å². The number of aromatic nitrogens is 2. The molecule has 3 heterocycles. The summed E-state index contributed by atoms with van der Waals surface area (Å²) in [6.07, 6.45) is 2.79. The molecule has 0 saturated carbocycles. The molecule has 1 unspecified atom stereocenters. The molecule has 0 radical (unpaired) electrons. The number of nitrogens with zero attached hydrogens (tertiary/aromatic N) is 3. The van der Waals surface area contributed by atoms with Crippen LogP contribution in [0.2, 0.25) is 0 Å². The molecule has 148 valence electrons. The maximum absolute atomic E-state index is 12.8. The molecule has 2 N–H and O–H groups in total. The highest BCUT2D eigenvalue weighted by atomic mass is 16.2. The van der Waals surface area contributed by atoms with Crippen molar-refractivity contribution in [3.63, 3.8) is 0 Å². The fraction of sp³-hybridized carbons (Fsp3) is 0.476. The van der Waals surface area contributed by atoms with Gasteiger partial charge in [0.2, 0.25) is 0 Å². The van der Waals surface area contributed by atoms with E-state index in [-0.39, 0.29) is 17.9 Å². The van der Waals surface area contributed by atoms with E-state index in [0.29, 0.717) is 18.8 Å². The largest absolute Gasteiger partial charge is 0.351 e. The first-order valence-corrected chi connectivity index (χ1v) is 10.0.